The van der Waals surface area contributed by atoms with Crippen molar-refractivity contribution in [1.82, 2.24) is 9.13 Å². The molecule has 0 aliphatic heterocycles. The van der Waals surface area contributed by atoms with Crippen molar-refractivity contribution in [1.29, 1.82) is 0 Å². The molecule has 0 N–H and O–H groups in total. The maximum absolute atomic E-state index is 14.4. The molecule has 7 aromatic rings. The molecule has 0 amide bonds. The number of hydrogen-bond acceptors (Lipinski definition) is 11. The molecule has 0 aliphatic rings. The SMILES string of the molecule is O=C(c1ccccc1SOO[O-])n1c2ccc(Cl)cc2c(=O)c2cc3c(cc21)c(=O)c1cc(Cl)ccc1n3C(=O)c1ccccc1S(=O)(=O)[O-].[Na+].[Na+]. The van der Waals surface area contributed by atoms with Crippen molar-refractivity contribution in [3.8, 4) is 0 Å². The summed E-state index contributed by atoms with van der Waals surface area (Å²) in [6.07, 6.45) is 0. The van der Waals surface area contributed by atoms with Gasteiger partial charge in [0.2, 0.25) is 0 Å². The Morgan fingerprint density at radius 1 is 0.635 bits per heavy atom. The van der Waals surface area contributed by atoms with Crippen LogP contribution in [0.3, 0.4) is 0 Å². The molecule has 0 saturated carbocycles. The summed E-state index contributed by atoms with van der Waals surface area (Å²) in [5.74, 6) is -1.70. The van der Waals surface area contributed by atoms with E-state index in [0.717, 1.165) is 16.7 Å². The first-order valence-corrected chi connectivity index (χ1v) is 17.1. The van der Waals surface area contributed by atoms with E-state index in [1.165, 1.54) is 77.4 Å². The van der Waals surface area contributed by atoms with Crippen molar-refractivity contribution in [2.24, 2.45) is 0 Å². The van der Waals surface area contributed by atoms with Crippen LogP contribution in [-0.2, 0) is 19.5 Å². The predicted octanol–water partition coefficient (Wildman–Crippen LogP) is -0.551. The summed E-state index contributed by atoms with van der Waals surface area (Å²) in [4.78, 5) is 56.5. The maximum atomic E-state index is 14.4. The second-order valence-electron chi connectivity index (χ2n) is 10.8. The number of fused-ring (bicyclic) bond motifs is 4. The number of carbonyl (C=O) groups is 2. The number of pyridine rings is 2. The summed E-state index contributed by atoms with van der Waals surface area (Å²) < 4.78 is 43.2. The van der Waals surface area contributed by atoms with E-state index in [1.54, 1.807) is 12.1 Å². The molecule has 7 rings (SSSR count). The zero-order valence-electron chi connectivity index (χ0n) is 26.8. The van der Waals surface area contributed by atoms with Gasteiger partial charge in [-0.3, -0.25) is 33.4 Å². The van der Waals surface area contributed by atoms with Gasteiger partial charge in [-0.05, 0) is 72.8 Å². The molecule has 12 nitrogen and oxygen atoms in total. The minimum absolute atomic E-state index is 0. The minimum Gasteiger partial charge on any atom is -0.744 e. The van der Waals surface area contributed by atoms with E-state index in [9.17, 15) is 37.4 Å². The summed E-state index contributed by atoms with van der Waals surface area (Å²) in [5.41, 5.74) is -1.75. The van der Waals surface area contributed by atoms with Gasteiger partial charge in [0.1, 0.15) is 10.1 Å². The average Bonchev–Trinajstić information content (AvgIpc) is 3.10. The van der Waals surface area contributed by atoms with Gasteiger partial charge in [0.25, 0.3) is 11.8 Å². The van der Waals surface area contributed by atoms with Crippen molar-refractivity contribution in [3.63, 3.8) is 0 Å². The molecule has 2 aromatic heterocycles. The fourth-order valence-electron chi connectivity index (χ4n) is 5.94. The number of hydrogen-bond donors (Lipinski definition) is 0. The van der Waals surface area contributed by atoms with Crippen LogP contribution in [0.25, 0.3) is 43.6 Å². The zero-order valence-corrected chi connectivity index (χ0v) is 33.9. The normalized spacial score (nSPS) is 11.5. The largest absolute Gasteiger partial charge is 1.00 e. The summed E-state index contributed by atoms with van der Waals surface area (Å²) in [5, 5.41) is 14.1. The molecule has 0 radical (unpaired) electrons. The Kier molecular flexibility index (Phi) is 12.3. The number of aromatic nitrogens is 2. The average molecular weight is 794 g/mol. The fourth-order valence-corrected chi connectivity index (χ4v) is 7.43. The monoisotopic (exact) mass is 792 g/mol. The van der Waals surface area contributed by atoms with Crippen LogP contribution in [-0.4, -0.2) is 33.9 Å². The first-order valence-electron chi connectivity index (χ1n) is 14.2. The van der Waals surface area contributed by atoms with E-state index < -0.39 is 43.2 Å². The van der Waals surface area contributed by atoms with Crippen molar-refractivity contribution >= 4 is 101 Å². The van der Waals surface area contributed by atoms with Crippen molar-refractivity contribution in [2.75, 3.05) is 0 Å². The maximum Gasteiger partial charge on any atom is 1.00 e. The molecular formula is C34H16Cl2N2Na2O10S2. The molecule has 2 heterocycles. The Bertz CT molecular complexity index is 2870. The van der Waals surface area contributed by atoms with Gasteiger partial charge in [-0.1, -0.05) is 47.5 Å². The Morgan fingerprint density at radius 3 is 1.58 bits per heavy atom. The van der Waals surface area contributed by atoms with Gasteiger partial charge >= 0.3 is 59.1 Å². The molecule has 52 heavy (non-hydrogen) atoms. The number of nitrogens with zero attached hydrogens (tertiary/aromatic N) is 2. The second-order valence-corrected chi connectivity index (χ2v) is 13.8. The first-order chi connectivity index (χ1) is 23.9. The second kappa shape index (κ2) is 15.8. The minimum atomic E-state index is -5.13. The Labute approximate surface area is 351 Å². The quantitative estimate of drug-likeness (QED) is 0.0528. The molecular weight excluding hydrogens is 777 g/mol. The fraction of sp³-hybridized carbons (Fsp3) is 0. The van der Waals surface area contributed by atoms with E-state index in [-0.39, 0.29) is 123 Å². The molecule has 0 atom stereocenters. The number of carbonyl (C=O) groups excluding carboxylic acids is 2. The molecule has 0 aliphatic carbocycles. The molecule has 0 fully saturated rings. The van der Waals surface area contributed by atoms with Crippen molar-refractivity contribution < 1.29 is 96.3 Å². The van der Waals surface area contributed by atoms with Gasteiger partial charge in [-0.15, -0.1) is 0 Å². The summed E-state index contributed by atoms with van der Waals surface area (Å²) in [7, 11) is -5.13. The van der Waals surface area contributed by atoms with E-state index in [4.69, 9.17) is 23.2 Å². The topological polar surface area (TPSA) is 177 Å². The van der Waals surface area contributed by atoms with Gasteiger partial charge in [-0.2, -0.15) is 4.33 Å². The van der Waals surface area contributed by atoms with Gasteiger partial charge < -0.3 is 9.81 Å². The van der Waals surface area contributed by atoms with Gasteiger partial charge in [0.15, 0.2) is 10.9 Å². The third-order valence-electron chi connectivity index (χ3n) is 8.04. The number of halogens is 2. The predicted molar refractivity (Wildman–Crippen MR) is 183 cm³/mol. The molecule has 0 spiro atoms. The van der Waals surface area contributed by atoms with E-state index >= 15 is 0 Å². The summed E-state index contributed by atoms with van der Waals surface area (Å²) >= 11 is 13.0. The number of benzene rings is 5. The standard InChI is InChI=1S/C34H18Cl2N2O10S2.2Na/c35-17-9-11-25-21(13-17)31(39)23-16-28-24(15-27(23)37(25)33(41)19-5-1-3-7-29(19)49-48-47-43)32(40)22-14-18(36)10-12-26(22)38(28)34(42)20-6-2-4-8-30(20)50(44,45)46;;/h1-16,43H,(H,44,45,46);;/q;2*+1/p-2. The van der Waals surface area contributed by atoms with Crippen LogP contribution in [0.1, 0.15) is 20.7 Å². The summed E-state index contributed by atoms with van der Waals surface area (Å²) in [6.45, 7) is 0. The third-order valence-corrected chi connectivity index (χ3v) is 10.1. The Hall–Kier alpha value is -2.90. The van der Waals surface area contributed by atoms with Crippen LogP contribution in [0.4, 0.5) is 0 Å². The van der Waals surface area contributed by atoms with E-state index in [1.807, 2.05) is 0 Å². The van der Waals surface area contributed by atoms with Crippen LogP contribution < -0.4 is 75.2 Å². The van der Waals surface area contributed by atoms with Crippen LogP contribution in [0.2, 0.25) is 10.0 Å². The van der Waals surface area contributed by atoms with Gasteiger partial charge in [-0.25, -0.2) is 8.42 Å². The van der Waals surface area contributed by atoms with Crippen LogP contribution in [0.15, 0.2) is 116 Å². The molecule has 250 valence electrons. The summed E-state index contributed by atoms with van der Waals surface area (Å²) in [6, 6.07) is 21.8. The van der Waals surface area contributed by atoms with Gasteiger partial charge in [0.05, 0.1) is 55.0 Å². The van der Waals surface area contributed by atoms with E-state index in [0.29, 0.717) is 12.0 Å². The van der Waals surface area contributed by atoms with Crippen molar-refractivity contribution in [3.05, 3.63) is 139 Å². The molecule has 0 unspecified atom stereocenters. The number of rotatable bonds is 6. The van der Waals surface area contributed by atoms with Crippen molar-refractivity contribution in [2.45, 2.75) is 9.79 Å². The molecule has 0 bridgehead atoms. The van der Waals surface area contributed by atoms with Crippen LogP contribution in [0.5, 0.6) is 0 Å². The van der Waals surface area contributed by atoms with Crippen LogP contribution >= 0.6 is 35.2 Å². The molecule has 5 aromatic carbocycles. The molecule has 0 saturated heterocycles. The van der Waals surface area contributed by atoms with E-state index in [2.05, 4.69) is 9.37 Å². The van der Waals surface area contributed by atoms with Crippen LogP contribution in [0, 0.1) is 0 Å². The third kappa shape index (κ3) is 7.06. The smallest absolute Gasteiger partial charge is 0.744 e. The zero-order chi connectivity index (χ0) is 35.5. The van der Waals surface area contributed by atoms with Gasteiger partial charge in [0, 0.05) is 31.6 Å². The first kappa shape index (κ1) is 40.3. The Morgan fingerprint density at radius 2 is 1.08 bits per heavy atom. The Balaban J connectivity index is 0.00000261. The molecule has 18 heteroatoms.